The number of hydrogen-bond acceptors (Lipinski definition) is 0. The van der Waals surface area contributed by atoms with Gasteiger partial charge in [-0.2, -0.15) is 0 Å². The molecule has 0 radical (unpaired) electrons. The molecule has 3 heteroatoms. The Bertz CT molecular complexity index is 1050. The summed E-state index contributed by atoms with van der Waals surface area (Å²) in [7, 11) is 0. The lowest BCUT2D eigenvalue weighted by atomic mass is 9.73. The van der Waals surface area contributed by atoms with E-state index < -0.39 is 0 Å². The normalized spacial score (nSPS) is 19.8. The van der Waals surface area contributed by atoms with Crippen molar-refractivity contribution >= 4 is 70.2 Å². The molecule has 4 rings (SSSR count). The van der Waals surface area contributed by atoms with Crippen LogP contribution < -0.4 is 10.4 Å². The van der Waals surface area contributed by atoms with E-state index in [2.05, 4.69) is 121 Å². The third kappa shape index (κ3) is 2.85. The van der Waals surface area contributed by atoms with Gasteiger partial charge < -0.3 is 0 Å². The van der Waals surface area contributed by atoms with E-state index in [0.29, 0.717) is 0 Å². The van der Waals surface area contributed by atoms with Crippen molar-refractivity contribution in [2.75, 3.05) is 5.33 Å². The molecule has 0 heterocycles. The van der Waals surface area contributed by atoms with Gasteiger partial charge in [-0.3, -0.25) is 0 Å². The van der Waals surface area contributed by atoms with Gasteiger partial charge in [0.25, 0.3) is 0 Å². The summed E-state index contributed by atoms with van der Waals surface area (Å²) in [5.74, 6) is 0. The molecule has 0 nitrogen and oxygen atoms in total. The van der Waals surface area contributed by atoms with Crippen molar-refractivity contribution in [2.24, 2.45) is 5.41 Å². The number of benzene rings is 3. The number of rotatable bonds is 3. The summed E-state index contributed by atoms with van der Waals surface area (Å²) in [6.07, 6.45) is 3.34. The summed E-state index contributed by atoms with van der Waals surface area (Å²) in [4.78, 5) is 0. The van der Waals surface area contributed by atoms with Gasteiger partial charge >= 0.3 is 0 Å². The van der Waals surface area contributed by atoms with E-state index in [1.165, 1.54) is 32.3 Å². The maximum Gasteiger partial charge on any atom is 0.0805 e. The zero-order valence-electron chi connectivity index (χ0n) is 13.6. The highest BCUT2D eigenvalue weighted by Gasteiger charge is 2.41. The van der Waals surface area contributed by atoms with Gasteiger partial charge in [-0.1, -0.05) is 121 Å². The van der Waals surface area contributed by atoms with E-state index >= 15 is 0 Å². The Labute approximate surface area is 173 Å². The maximum absolute atomic E-state index is 3.85. The smallest absolute Gasteiger partial charge is 0.0805 e. The maximum atomic E-state index is 3.85. The Hall–Kier alpha value is -0.900. The lowest BCUT2D eigenvalue weighted by Gasteiger charge is -2.38. The van der Waals surface area contributed by atoms with Crippen molar-refractivity contribution in [1.82, 2.24) is 0 Å². The van der Waals surface area contributed by atoms with E-state index in [1.807, 2.05) is 0 Å². The quantitative estimate of drug-likeness (QED) is 0.387. The van der Waals surface area contributed by atoms with Crippen LogP contribution in [0.3, 0.4) is 0 Å². The molecule has 0 aromatic heterocycles. The number of alkyl halides is 3. The predicted octanol–water partition coefficient (Wildman–Crippen LogP) is 5.72. The summed E-state index contributed by atoms with van der Waals surface area (Å²) in [5, 5.41) is 6.12. The zero-order valence-corrected chi connectivity index (χ0v) is 18.3. The van der Waals surface area contributed by atoms with Crippen molar-refractivity contribution in [2.45, 2.75) is 10.2 Å². The van der Waals surface area contributed by atoms with Gasteiger partial charge in [0.05, 0.1) is 3.74 Å². The van der Waals surface area contributed by atoms with Crippen LogP contribution in [0.1, 0.15) is 12.0 Å². The molecule has 1 unspecified atom stereocenters. The molecule has 0 aliphatic heterocycles. The Morgan fingerprint density at radius 2 is 1.60 bits per heavy atom. The molecule has 1 aliphatic carbocycles. The summed E-state index contributed by atoms with van der Waals surface area (Å²) in [6, 6.07) is 24.0. The summed E-state index contributed by atoms with van der Waals surface area (Å²) < 4.78 is 0.172. The SMILES string of the molecule is BrCC1(C(Br)Br)CC=c2ccccc2=C1c1cccc2ccccc12. The molecule has 0 amide bonds. The van der Waals surface area contributed by atoms with Gasteiger partial charge in [-0.15, -0.1) is 0 Å². The standard InChI is InChI=1S/C22H17Br3/c23-14-22(21(24)25)13-12-16-7-2-4-10-18(16)20(22)19-11-5-8-15-6-1-3-9-17(15)19/h1-12,21H,13-14H2. The first-order valence-electron chi connectivity index (χ1n) is 8.30. The Balaban J connectivity index is 2.19. The van der Waals surface area contributed by atoms with Gasteiger partial charge in [0, 0.05) is 10.7 Å². The second-order valence-corrected chi connectivity index (χ2v) is 10.1. The molecule has 0 saturated carbocycles. The summed E-state index contributed by atoms with van der Waals surface area (Å²) >= 11 is 11.5. The molecule has 0 N–H and O–H groups in total. The molecule has 3 aromatic carbocycles. The van der Waals surface area contributed by atoms with Gasteiger partial charge in [0.15, 0.2) is 0 Å². The molecule has 1 atom stereocenters. The molecule has 0 saturated heterocycles. The molecule has 1 aliphatic rings. The topological polar surface area (TPSA) is 0 Å². The average Bonchev–Trinajstić information content (AvgIpc) is 2.66. The minimum atomic E-state index is -0.0571. The lowest BCUT2D eigenvalue weighted by Crippen LogP contribution is -2.43. The molecule has 0 bridgehead atoms. The zero-order chi connectivity index (χ0) is 17.4. The van der Waals surface area contributed by atoms with E-state index in [0.717, 1.165) is 11.8 Å². The summed E-state index contributed by atoms with van der Waals surface area (Å²) in [5.41, 5.74) is 2.67. The van der Waals surface area contributed by atoms with Crippen LogP contribution in [0.15, 0.2) is 66.7 Å². The first-order chi connectivity index (χ1) is 12.2. The van der Waals surface area contributed by atoms with Gasteiger partial charge in [-0.25, -0.2) is 0 Å². The Morgan fingerprint density at radius 1 is 0.880 bits per heavy atom. The third-order valence-electron chi connectivity index (χ3n) is 5.13. The Morgan fingerprint density at radius 3 is 2.40 bits per heavy atom. The van der Waals surface area contributed by atoms with E-state index in [-0.39, 0.29) is 9.15 Å². The number of fused-ring (bicyclic) bond motifs is 2. The first-order valence-corrected chi connectivity index (χ1v) is 11.2. The van der Waals surface area contributed by atoms with Crippen LogP contribution in [0.25, 0.3) is 22.4 Å². The average molecular weight is 521 g/mol. The predicted molar refractivity (Wildman–Crippen MR) is 119 cm³/mol. The lowest BCUT2D eigenvalue weighted by molar-refractivity contribution is 0.530. The van der Waals surface area contributed by atoms with Crippen LogP contribution in [0.2, 0.25) is 0 Å². The largest absolute Gasteiger partial charge is 0.0918 e. The molecule has 126 valence electrons. The molecule has 0 spiro atoms. The molecular weight excluding hydrogens is 504 g/mol. The van der Waals surface area contributed by atoms with Crippen molar-refractivity contribution in [3.63, 3.8) is 0 Å². The number of halogens is 3. The minimum absolute atomic E-state index is 0.0571. The monoisotopic (exact) mass is 518 g/mol. The molecule has 3 aromatic rings. The fourth-order valence-corrected chi connectivity index (χ4v) is 6.66. The Kier molecular flexibility index (Phi) is 4.91. The van der Waals surface area contributed by atoms with Crippen LogP contribution in [-0.2, 0) is 0 Å². The molecule has 25 heavy (non-hydrogen) atoms. The molecular formula is C22H17Br3. The second kappa shape index (κ2) is 7.02. The first kappa shape index (κ1) is 17.5. The van der Waals surface area contributed by atoms with Gasteiger partial charge in [-0.05, 0) is 38.8 Å². The van der Waals surface area contributed by atoms with Crippen molar-refractivity contribution in [3.8, 4) is 0 Å². The van der Waals surface area contributed by atoms with Gasteiger partial charge in [0.2, 0.25) is 0 Å². The fourth-order valence-electron chi connectivity index (χ4n) is 3.80. The van der Waals surface area contributed by atoms with E-state index in [1.54, 1.807) is 0 Å². The van der Waals surface area contributed by atoms with E-state index in [9.17, 15) is 0 Å². The van der Waals surface area contributed by atoms with Crippen molar-refractivity contribution < 1.29 is 0 Å². The highest BCUT2D eigenvalue weighted by atomic mass is 79.9. The van der Waals surface area contributed by atoms with Gasteiger partial charge in [0.1, 0.15) is 0 Å². The molecule has 0 fully saturated rings. The van der Waals surface area contributed by atoms with E-state index in [4.69, 9.17) is 0 Å². The summed E-state index contributed by atoms with van der Waals surface area (Å²) in [6.45, 7) is 0. The van der Waals surface area contributed by atoms with Crippen LogP contribution in [0, 0.1) is 5.41 Å². The van der Waals surface area contributed by atoms with Crippen molar-refractivity contribution in [3.05, 3.63) is 82.7 Å². The fraction of sp³-hybridized carbons (Fsp3) is 0.182. The minimum Gasteiger partial charge on any atom is -0.0918 e. The highest BCUT2D eigenvalue weighted by Crippen LogP contribution is 2.49. The van der Waals surface area contributed by atoms with Crippen molar-refractivity contribution in [1.29, 1.82) is 0 Å². The van der Waals surface area contributed by atoms with Crippen LogP contribution >= 0.6 is 47.8 Å². The van der Waals surface area contributed by atoms with Crippen LogP contribution in [-0.4, -0.2) is 9.07 Å². The number of hydrogen-bond donors (Lipinski definition) is 0. The third-order valence-corrected chi connectivity index (χ3v) is 7.88. The second-order valence-electron chi connectivity index (χ2n) is 6.49. The van der Waals surface area contributed by atoms with Crippen LogP contribution in [0.5, 0.6) is 0 Å². The highest BCUT2D eigenvalue weighted by molar-refractivity contribution is 9.24. The van der Waals surface area contributed by atoms with Crippen LogP contribution in [0.4, 0.5) is 0 Å².